The van der Waals surface area contributed by atoms with Crippen LogP contribution in [-0.4, -0.2) is 24.4 Å². The molecular formula is C19H22N2O2S2. The fourth-order valence-electron chi connectivity index (χ4n) is 2.51. The van der Waals surface area contributed by atoms with E-state index in [4.69, 9.17) is 4.36 Å². The van der Waals surface area contributed by atoms with Gasteiger partial charge in [0.05, 0.1) is 10.6 Å². The quantitative estimate of drug-likeness (QED) is 0.749. The van der Waals surface area contributed by atoms with Crippen LogP contribution in [0.15, 0.2) is 75.0 Å². The highest BCUT2D eigenvalue weighted by Gasteiger charge is 2.31. The van der Waals surface area contributed by atoms with Gasteiger partial charge >= 0.3 is 0 Å². The first kappa shape index (κ1) is 18.0. The first-order valence-electron chi connectivity index (χ1n) is 8.10. The molecule has 0 amide bonds. The first-order valence-corrected chi connectivity index (χ1v) is 10.9. The summed E-state index contributed by atoms with van der Waals surface area (Å²) in [6, 6.07) is 16.5. The van der Waals surface area contributed by atoms with E-state index in [1.54, 1.807) is 28.0 Å². The van der Waals surface area contributed by atoms with E-state index in [1.807, 2.05) is 44.2 Å². The third-order valence-electron chi connectivity index (χ3n) is 4.23. The summed E-state index contributed by atoms with van der Waals surface area (Å²) < 4.78 is 32.6. The standard InChI is InChI=1S/C19H22N2O2S2/c1-15-9-11-18(12-10-15)20-24-14-17(3)16(2)13-21(24)25(22,23)19-7-5-4-6-8-19/h4-12H,13-14H2,1-3H3. The van der Waals surface area contributed by atoms with E-state index in [0.29, 0.717) is 17.2 Å². The van der Waals surface area contributed by atoms with Crippen LogP contribution in [0, 0.1) is 6.92 Å². The second kappa shape index (κ2) is 7.23. The van der Waals surface area contributed by atoms with E-state index in [9.17, 15) is 8.42 Å². The highest BCUT2D eigenvalue weighted by atomic mass is 32.3. The zero-order valence-electron chi connectivity index (χ0n) is 14.6. The largest absolute Gasteiger partial charge is 0.253 e. The minimum atomic E-state index is -3.58. The van der Waals surface area contributed by atoms with Crippen LogP contribution in [0.25, 0.3) is 0 Å². The average Bonchev–Trinajstić information content (AvgIpc) is 2.60. The summed E-state index contributed by atoms with van der Waals surface area (Å²) in [6.45, 7) is 6.47. The molecule has 25 heavy (non-hydrogen) atoms. The van der Waals surface area contributed by atoms with Gasteiger partial charge in [0.15, 0.2) is 0 Å². The molecule has 1 atom stereocenters. The SMILES string of the molecule is CC1=C(C)CS(=Nc2ccc(C)cc2)N(S(=O)(=O)c2ccccc2)C1. The van der Waals surface area contributed by atoms with Crippen LogP contribution < -0.4 is 0 Å². The van der Waals surface area contributed by atoms with Gasteiger partial charge in [-0.1, -0.05) is 47.0 Å². The second-order valence-corrected chi connectivity index (χ2v) is 9.94. The summed E-state index contributed by atoms with van der Waals surface area (Å²) in [6.07, 6.45) is 0. The molecule has 0 aliphatic carbocycles. The molecule has 0 saturated carbocycles. The third kappa shape index (κ3) is 3.92. The van der Waals surface area contributed by atoms with Crippen molar-refractivity contribution in [1.82, 2.24) is 3.71 Å². The zero-order chi connectivity index (χ0) is 18.0. The van der Waals surface area contributed by atoms with Gasteiger partial charge in [-0.2, -0.15) is 0 Å². The smallest absolute Gasteiger partial charge is 0.212 e. The molecule has 0 radical (unpaired) electrons. The predicted octanol–water partition coefficient (Wildman–Crippen LogP) is 4.38. The molecule has 0 saturated heterocycles. The maximum atomic E-state index is 13.1. The van der Waals surface area contributed by atoms with Crippen molar-refractivity contribution in [2.45, 2.75) is 25.7 Å². The molecule has 0 fully saturated rings. The van der Waals surface area contributed by atoms with E-state index in [-0.39, 0.29) is 0 Å². The Labute approximate surface area is 152 Å². The first-order chi connectivity index (χ1) is 11.9. The van der Waals surface area contributed by atoms with Gasteiger partial charge in [-0.25, -0.2) is 12.8 Å². The van der Waals surface area contributed by atoms with Gasteiger partial charge in [0, 0.05) is 12.3 Å². The van der Waals surface area contributed by atoms with E-state index in [1.165, 1.54) is 5.57 Å². The molecule has 1 aliphatic heterocycles. The second-order valence-electron chi connectivity index (χ2n) is 6.25. The molecule has 132 valence electrons. The minimum absolute atomic E-state index is 0.318. The summed E-state index contributed by atoms with van der Waals surface area (Å²) in [5, 5.41) is 0. The van der Waals surface area contributed by atoms with Crippen molar-refractivity contribution in [3.05, 3.63) is 71.3 Å². The van der Waals surface area contributed by atoms with Gasteiger partial charge in [0.2, 0.25) is 0 Å². The lowest BCUT2D eigenvalue weighted by atomic mass is 10.2. The predicted molar refractivity (Wildman–Crippen MR) is 104 cm³/mol. The Balaban J connectivity index is 2.07. The lowest BCUT2D eigenvalue weighted by molar-refractivity contribution is 0.548. The Hall–Kier alpha value is -1.76. The molecule has 0 aromatic heterocycles. The highest BCUT2D eigenvalue weighted by molar-refractivity contribution is 8.02. The highest BCUT2D eigenvalue weighted by Crippen LogP contribution is 2.28. The monoisotopic (exact) mass is 374 g/mol. The van der Waals surface area contributed by atoms with E-state index < -0.39 is 20.9 Å². The molecule has 6 heteroatoms. The summed E-state index contributed by atoms with van der Waals surface area (Å²) >= 11 is 0. The van der Waals surface area contributed by atoms with Crippen molar-refractivity contribution in [3.8, 4) is 0 Å². The van der Waals surface area contributed by atoms with Gasteiger partial charge in [0.1, 0.15) is 0 Å². The summed E-state index contributed by atoms with van der Waals surface area (Å²) in [5.74, 6) is 0.645. The Kier molecular flexibility index (Phi) is 5.22. The van der Waals surface area contributed by atoms with Crippen molar-refractivity contribution in [3.63, 3.8) is 0 Å². The molecule has 0 N–H and O–H groups in total. The van der Waals surface area contributed by atoms with E-state index >= 15 is 0 Å². The topological polar surface area (TPSA) is 49.7 Å². The molecular weight excluding hydrogens is 352 g/mol. The van der Waals surface area contributed by atoms with Crippen molar-refractivity contribution in [2.75, 3.05) is 12.3 Å². The Morgan fingerprint density at radius 2 is 1.56 bits per heavy atom. The third-order valence-corrected chi connectivity index (χ3v) is 8.58. The summed E-state index contributed by atoms with van der Waals surface area (Å²) in [4.78, 5) is 0.318. The van der Waals surface area contributed by atoms with Crippen LogP contribution >= 0.6 is 0 Å². The minimum Gasteiger partial charge on any atom is -0.212 e. The normalized spacial score (nSPS) is 19.4. The molecule has 1 heterocycles. The molecule has 1 unspecified atom stereocenters. The van der Waals surface area contributed by atoms with E-state index in [0.717, 1.165) is 16.8 Å². The van der Waals surface area contributed by atoms with Crippen LogP contribution in [0.4, 0.5) is 5.69 Å². The Morgan fingerprint density at radius 1 is 0.920 bits per heavy atom. The molecule has 4 nitrogen and oxygen atoms in total. The van der Waals surface area contributed by atoms with Crippen molar-refractivity contribution >= 4 is 26.6 Å². The molecule has 0 bridgehead atoms. The van der Waals surface area contributed by atoms with Gasteiger partial charge in [-0.3, -0.25) is 0 Å². The molecule has 2 aromatic rings. The summed E-state index contributed by atoms with van der Waals surface area (Å²) in [7, 11) is -4.33. The van der Waals surface area contributed by atoms with Gasteiger partial charge in [-0.05, 0) is 55.9 Å². The maximum Gasteiger partial charge on any atom is 0.253 e. The average molecular weight is 375 g/mol. The van der Waals surface area contributed by atoms with Crippen LogP contribution in [0.5, 0.6) is 0 Å². The van der Waals surface area contributed by atoms with Crippen LogP contribution in [0.3, 0.4) is 0 Å². The van der Waals surface area contributed by atoms with Crippen LogP contribution in [0.1, 0.15) is 19.4 Å². The lowest BCUT2D eigenvalue weighted by Crippen LogP contribution is -2.38. The number of hydrogen-bond acceptors (Lipinski definition) is 3. The Morgan fingerprint density at radius 3 is 2.20 bits per heavy atom. The summed E-state index contributed by atoms with van der Waals surface area (Å²) in [5.41, 5.74) is 4.29. The maximum absolute atomic E-state index is 13.1. The number of rotatable bonds is 3. The lowest BCUT2D eigenvalue weighted by Gasteiger charge is -2.30. The van der Waals surface area contributed by atoms with Crippen molar-refractivity contribution < 1.29 is 8.42 Å². The Bertz CT molecular complexity index is 931. The fraction of sp³-hybridized carbons (Fsp3) is 0.263. The number of benzene rings is 2. The number of nitrogens with zero attached hydrogens (tertiary/aromatic N) is 2. The molecule has 3 rings (SSSR count). The van der Waals surface area contributed by atoms with Gasteiger partial charge < -0.3 is 0 Å². The molecule has 0 spiro atoms. The van der Waals surface area contributed by atoms with Crippen LogP contribution in [-0.2, 0) is 20.9 Å². The number of sulfonamides is 1. The van der Waals surface area contributed by atoms with Gasteiger partial charge in [-0.15, -0.1) is 3.71 Å². The molecule has 2 aromatic carbocycles. The number of aryl methyl sites for hydroxylation is 1. The fourth-order valence-corrected chi connectivity index (χ4v) is 6.67. The van der Waals surface area contributed by atoms with E-state index in [2.05, 4.69) is 6.92 Å². The van der Waals surface area contributed by atoms with Crippen molar-refractivity contribution in [2.24, 2.45) is 4.36 Å². The molecule has 1 aliphatic rings. The number of hydrogen-bond donors (Lipinski definition) is 0. The van der Waals surface area contributed by atoms with Crippen molar-refractivity contribution in [1.29, 1.82) is 0 Å². The van der Waals surface area contributed by atoms with Gasteiger partial charge in [0.25, 0.3) is 10.0 Å². The zero-order valence-corrected chi connectivity index (χ0v) is 16.3. The van der Waals surface area contributed by atoms with Crippen LogP contribution in [0.2, 0.25) is 0 Å².